The van der Waals surface area contributed by atoms with E-state index in [1.807, 2.05) is 37.3 Å². The molecule has 6 rings (SSSR count). The minimum absolute atomic E-state index is 0.0674. The molecule has 1 saturated heterocycles. The van der Waals surface area contributed by atoms with Crippen molar-refractivity contribution in [2.45, 2.75) is 19.4 Å². The first-order chi connectivity index (χ1) is 16.2. The van der Waals surface area contributed by atoms with Crippen molar-refractivity contribution < 1.29 is 4.79 Å². The minimum atomic E-state index is -0.224. The highest BCUT2D eigenvalue weighted by Crippen LogP contribution is 2.40. The van der Waals surface area contributed by atoms with Crippen LogP contribution in [0.1, 0.15) is 17.7 Å². The quantitative estimate of drug-likeness (QED) is 0.658. The van der Waals surface area contributed by atoms with Crippen LogP contribution in [-0.2, 0) is 0 Å². The second-order valence-electron chi connectivity index (χ2n) is 8.41. The molecule has 2 amide bonds. The van der Waals surface area contributed by atoms with Crippen LogP contribution in [0, 0.1) is 6.92 Å². The molecule has 9 nitrogen and oxygen atoms in total. The largest absolute Gasteiger partial charge is 0.366 e. The van der Waals surface area contributed by atoms with Crippen LogP contribution in [0.25, 0.3) is 16.8 Å². The predicted molar refractivity (Wildman–Crippen MR) is 126 cm³/mol. The number of rotatable bonds is 3. The molecule has 0 aromatic carbocycles. The van der Waals surface area contributed by atoms with Gasteiger partial charge in [-0.05, 0) is 55.3 Å². The van der Waals surface area contributed by atoms with Crippen LogP contribution in [0.5, 0.6) is 0 Å². The Balaban J connectivity index is 1.33. The lowest BCUT2D eigenvalue weighted by Crippen LogP contribution is -2.48. The fourth-order valence-electron chi connectivity index (χ4n) is 4.64. The summed E-state index contributed by atoms with van der Waals surface area (Å²) in [5, 5.41) is 10.9. The number of amides is 2. The van der Waals surface area contributed by atoms with Gasteiger partial charge in [0.2, 0.25) is 0 Å². The third kappa shape index (κ3) is 3.51. The molecule has 9 heteroatoms. The van der Waals surface area contributed by atoms with Crippen LogP contribution in [0.2, 0.25) is 0 Å². The van der Waals surface area contributed by atoms with Gasteiger partial charge in [-0.25, -0.2) is 14.8 Å². The second-order valence-corrected chi connectivity index (χ2v) is 8.41. The van der Waals surface area contributed by atoms with Crippen molar-refractivity contribution in [1.29, 1.82) is 0 Å². The molecule has 0 radical (unpaired) electrons. The summed E-state index contributed by atoms with van der Waals surface area (Å²) in [6.07, 6.45) is 6.11. The molecule has 1 fully saturated rings. The number of hydrogen-bond acceptors (Lipinski definition) is 7. The summed E-state index contributed by atoms with van der Waals surface area (Å²) in [4.78, 5) is 31.2. The highest BCUT2D eigenvalue weighted by molar-refractivity contribution is 6.04. The molecule has 3 aromatic heterocycles. The number of urea groups is 1. The van der Waals surface area contributed by atoms with Crippen molar-refractivity contribution in [3.05, 3.63) is 66.2 Å². The first-order valence-corrected chi connectivity index (χ1v) is 11.0. The van der Waals surface area contributed by atoms with Gasteiger partial charge in [-0.15, -0.1) is 0 Å². The lowest BCUT2D eigenvalue weighted by molar-refractivity contribution is 0.254. The first-order valence-electron chi connectivity index (χ1n) is 11.0. The molecule has 2 bridgehead atoms. The van der Waals surface area contributed by atoms with Crippen LogP contribution in [0.3, 0.4) is 0 Å². The number of aromatic nitrogens is 3. The average Bonchev–Trinajstić information content (AvgIpc) is 3.51. The van der Waals surface area contributed by atoms with E-state index in [0.717, 1.165) is 53.3 Å². The van der Waals surface area contributed by atoms with Crippen molar-refractivity contribution in [3.8, 4) is 11.3 Å². The Morgan fingerprint density at radius 2 is 1.97 bits per heavy atom. The Kier molecular flexibility index (Phi) is 4.60. The van der Waals surface area contributed by atoms with Gasteiger partial charge < -0.3 is 4.90 Å². The van der Waals surface area contributed by atoms with Crippen molar-refractivity contribution in [2.75, 3.05) is 34.8 Å². The lowest BCUT2D eigenvalue weighted by atomic mass is 10.1. The molecular formula is C24H22N8O. The van der Waals surface area contributed by atoms with E-state index in [9.17, 15) is 4.79 Å². The molecule has 0 unspecified atom stereocenters. The van der Waals surface area contributed by atoms with Crippen molar-refractivity contribution in [2.24, 2.45) is 10.2 Å². The normalized spacial score (nSPS) is 18.3. The highest BCUT2D eigenvalue weighted by Gasteiger charge is 2.40. The molecule has 3 aromatic rings. The number of fused-ring (bicyclic) bond motifs is 4. The van der Waals surface area contributed by atoms with E-state index in [1.165, 1.54) is 0 Å². The fourth-order valence-corrected chi connectivity index (χ4v) is 4.64. The number of aryl methyl sites for hydroxylation is 1. The Hall–Kier alpha value is -4.14. The van der Waals surface area contributed by atoms with Crippen LogP contribution < -0.4 is 15.1 Å². The predicted octanol–water partition coefficient (Wildman–Crippen LogP) is 4.28. The van der Waals surface area contributed by atoms with E-state index in [4.69, 9.17) is 4.98 Å². The number of carbonyl (C=O) groups is 1. The van der Waals surface area contributed by atoms with Gasteiger partial charge in [-0.3, -0.25) is 15.2 Å². The summed E-state index contributed by atoms with van der Waals surface area (Å²) in [5.74, 6) is 1.17. The first kappa shape index (κ1) is 19.5. The molecule has 1 atom stereocenters. The zero-order valence-corrected chi connectivity index (χ0v) is 18.1. The number of carbonyl (C=O) groups excluding carboxylic acids is 1. The van der Waals surface area contributed by atoms with E-state index in [1.54, 1.807) is 23.5 Å². The summed E-state index contributed by atoms with van der Waals surface area (Å²) in [5.41, 5.74) is 5.66. The molecule has 1 N–H and O–H groups in total. The van der Waals surface area contributed by atoms with Gasteiger partial charge in [0, 0.05) is 42.3 Å². The topological polar surface area (TPSA) is 99.0 Å². The Labute approximate surface area is 190 Å². The summed E-state index contributed by atoms with van der Waals surface area (Å²) in [6, 6.07) is 11.6. The van der Waals surface area contributed by atoms with Crippen LogP contribution in [0.4, 0.5) is 22.1 Å². The van der Waals surface area contributed by atoms with Gasteiger partial charge in [0.15, 0.2) is 5.82 Å². The SMILES string of the molecule is Cc1cc(-c2ccc3c(n2)N(C(=O)Nc2cc(C4=CN=NC4)ccn2)[C@H]2CCN3C2)ccn1. The van der Waals surface area contributed by atoms with Crippen LogP contribution in [0.15, 0.2) is 65.2 Å². The van der Waals surface area contributed by atoms with Gasteiger partial charge in [-0.1, -0.05) is 0 Å². The summed E-state index contributed by atoms with van der Waals surface area (Å²) < 4.78 is 0. The molecule has 0 saturated carbocycles. The Bertz CT molecular complexity index is 1320. The van der Waals surface area contributed by atoms with Crippen LogP contribution >= 0.6 is 0 Å². The minimum Gasteiger partial charge on any atom is -0.366 e. The monoisotopic (exact) mass is 438 g/mol. The maximum Gasteiger partial charge on any atom is 0.329 e. The van der Waals surface area contributed by atoms with E-state index >= 15 is 0 Å². The van der Waals surface area contributed by atoms with Crippen molar-refractivity contribution in [3.63, 3.8) is 0 Å². The van der Waals surface area contributed by atoms with E-state index < -0.39 is 0 Å². The van der Waals surface area contributed by atoms with Crippen molar-refractivity contribution in [1.82, 2.24) is 15.0 Å². The third-order valence-electron chi connectivity index (χ3n) is 6.27. The van der Waals surface area contributed by atoms with Crippen molar-refractivity contribution >= 4 is 28.9 Å². The second kappa shape index (κ2) is 7.77. The van der Waals surface area contributed by atoms with Gasteiger partial charge in [0.25, 0.3) is 0 Å². The van der Waals surface area contributed by atoms with Gasteiger partial charge in [0.05, 0.1) is 30.2 Å². The number of pyridine rings is 3. The summed E-state index contributed by atoms with van der Waals surface area (Å²) in [7, 11) is 0. The molecule has 0 spiro atoms. The van der Waals surface area contributed by atoms with Crippen LogP contribution in [-0.4, -0.2) is 46.7 Å². The van der Waals surface area contributed by atoms with Gasteiger partial charge >= 0.3 is 6.03 Å². The summed E-state index contributed by atoms with van der Waals surface area (Å²) in [6.45, 7) is 4.21. The maximum absolute atomic E-state index is 13.5. The van der Waals surface area contributed by atoms with E-state index in [0.29, 0.717) is 18.2 Å². The average molecular weight is 438 g/mol. The summed E-state index contributed by atoms with van der Waals surface area (Å²) >= 11 is 0. The lowest BCUT2D eigenvalue weighted by Gasteiger charge is -2.35. The van der Waals surface area contributed by atoms with Gasteiger partial charge in [-0.2, -0.15) is 10.2 Å². The van der Waals surface area contributed by atoms with E-state index in [-0.39, 0.29) is 12.1 Å². The molecule has 0 aliphatic carbocycles. The number of nitrogens with one attached hydrogen (secondary N) is 1. The van der Waals surface area contributed by atoms with E-state index in [2.05, 4.69) is 36.5 Å². The molecule has 164 valence electrons. The fraction of sp³-hybridized carbons (Fsp3) is 0.250. The number of anilines is 3. The zero-order valence-electron chi connectivity index (χ0n) is 18.1. The third-order valence-corrected chi connectivity index (χ3v) is 6.27. The number of nitrogens with zero attached hydrogens (tertiary/aromatic N) is 7. The molecule has 3 aliphatic heterocycles. The molecular weight excluding hydrogens is 416 g/mol. The standard InChI is InChI=1S/C24H22N8O/c1-15-10-17(5-7-25-15)20-2-3-21-23(29-20)32(19-6-9-31(21)14-19)24(33)30-22-11-16(4-8-26-22)18-12-27-28-13-18/h2-5,7-8,10-12,19H,6,9,13-14H2,1H3,(H,26,30,33)/t19-/m0/s1. The molecule has 33 heavy (non-hydrogen) atoms. The smallest absolute Gasteiger partial charge is 0.329 e. The Morgan fingerprint density at radius 3 is 2.82 bits per heavy atom. The highest BCUT2D eigenvalue weighted by atomic mass is 16.2. The Morgan fingerprint density at radius 1 is 1.09 bits per heavy atom. The van der Waals surface area contributed by atoms with Gasteiger partial charge in [0.1, 0.15) is 5.82 Å². The molecule has 3 aliphatic rings. The zero-order chi connectivity index (χ0) is 22.4. The molecule has 6 heterocycles. The number of hydrogen-bond donors (Lipinski definition) is 1. The maximum atomic E-state index is 13.5. The number of azo groups is 1.